The molecule has 0 radical (unpaired) electrons. The zero-order chi connectivity index (χ0) is 12.6. The number of hydrogen-bond acceptors (Lipinski definition) is 3. The quantitative estimate of drug-likeness (QED) is 0.823. The molecule has 0 unspecified atom stereocenters. The topological polar surface area (TPSA) is 51.8 Å². The highest BCUT2D eigenvalue weighted by Crippen LogP contribution is 2.30. The Hall–Kier alpha value is -1.56. The highest BCUT2D eigenvalue weighted by Gasteiger charge is 2.14. The Morgan fingerprint density at radius 1 is 1.24 bits per heavy atom. The maximum absolute atomic E-state index is 13.4. The highest BCUT2D eigenvalue weighted by atomic mass is 79.9. The van der Waals surface area contributed by atoms with Crippen LogP contribution in [0.3, 0.4) is 0 Å². The third-order valence-corrected chi connectivity index (χ3v) is 2.93. The number of aromatic nitrogens is 2. The number of nitrogen functional groups attached to an aromatic ring is 1. The van der Waals surface area contributed by atoms with Gasteiger partial charge in [0.2, 0.25) is 0 Å². The van der Waals surface area contributed by atoms with Crippen LogP contribution in [0.4, 0.5) is 14.6 Å². The van der Waals surface area contributed by atoms with E-state index in [1.54, 1.807) is 13.0 Å². The number of rotatable bonds is 1. The van der Waals surface area contributed by atoms with Crippen LogP contribution in [-0.2, 0) is 0 Å². The molecule has 3 nitrogen and oxygen atoms in total. The molecule has 88 valence electrons. The summed E-state index contributed by atoms with van der Waals surface area (Å²) in [7, 11) is 0. The van der Waals surface area contributed by atoms with E-state index in [0.29, 0.717) is 11.3 Å². The molecule has 0 saturated heterocycles. The van der Waals surface area contributed by atoms with Gasteiger partial charge in [-0.2, -0.15) is 0 Å². The van der Waals surface area contributed by atoms with Crippen molar-refractivity contribution < 1.29 is 8.78 Å². The summed E-state index contributed by atoms with van der Waals surface area (Å²) in [5.41, 5.74) is 6.60. The van der Waals surface area contributed by atoms with Crippen molar-refractivity contribution in [2.24, 2.45) is 0 Å². The Morgan fingerprint density at radius 3 is 2.59 bits per heavy atom. The monoisotopic (exact) mass is 299 g/mol. The second kappa shape index (κ2) is 4.37. The zero-order valence-electron chi connectivity index (χ0n) is 8.84. The van der Waals surface area contributed by atoms with Crippen molar-refractivity contribution in [2.75, 3.05) is 5.73 Å². The van der Waals surface area contributed by atoms with E-state index in [0.717, 1.165) is 6.07 Å². The average molecular weight is 300 g/mol. The largest absolute Gasteiger partial charge is 0.384 e. The lowest BCUT2D eigenvalue weighted by molar-refractivity contribution is 0.504. The van der Waals surface area contributed by atoms with E-state index < -0.39 is 11.6 Å². The number of nitrogens with zero attached hydrogens (tertiary/aromatic N) is 2. The maximum Gasteiger partial charge on any atom is 0.173 e. The van der Waals surface area contributed by atoms with E-state index in [-0.39, 0.29) is 16.1 Å². The van der Waals surface area contributed by atoms with Gasteiger partial charge in [0.05, 0.1) is 4.47 Å². The second-order valence-corrected chi connectivity index (χ2v) is 4.27. The summed E-state index contributed by atoms with van der Waals surface area (Å²) in [6, 6.07) is 4.02. The number of hydrogen-bond donors (Lipinski definition) is 1. The minimum absolute atomic E-state index is 0.0116. The number of benzene rings is 1. The van der Waals surface area contributed by atoms with Gasteiger partial charge in [0.15, 0.2) is 17.5 Å². The molecule has 0 saturated carbocycles. The van der Waals surface area contributed by atoms with Crippen molar-refractivity contribution in [3.63, 3.8) is 0 Å². The van der Waals surface area contributed by atoms with Gasteiger partial charge in [-0.1, -0.05) is 0 Å². The van der Waals surface area contributed by atoms with E-state index in [4.69, 9.17) is 5.73 Å². The molecule has 2 N–H and O–H groups in total. The molecular weight excluding hydrogens is 292 g/mol. The molecular formula is C11H8BrF2N3. The first-order valence-corrected chi connectivity index (χ1v) is 5.53. The number of aryl methyl sites for hydroxylation is 1. The van der Waals surface area contributed by atoms with Gasteiger partial charge in [0, 0.05) is 17.3 Å². The van der Waals surface area contributed by atoms with Crippen LogP contribution in [-0.4, -0.2) is 9.97 Å². The van der Waals surface area contributed by atoms with Gasteiger partial charge in [-0.05, 0) is 35.0 Å². The van der Waals surface area contributed by atoms with E-state index in [9.17, 15) is 8.78 Å². The summed E-state index contributed by atoms with van der Waals surface area (Å²) in [6.07, 6.45) is 0. The number of nitrogens with two attached hydrogens (primary N) is 1. The van der Waals surface area contributed by atoms with Gasteiger partial charge < -0.3 is 5.73 Å². The Labute approximate surface area is 105 Å². The van der Waals surface area contributed by atoms with Crippen LogP contribution >= 0.6 is 15.9 Å². The van der Waals surface area contributed by atoms with Crippen LogP contribution in [0.2, 0.25) is 0 Å². The van der Waals surface area contributed by atoms with Crippen LogP contribution in [0.1, 0.15) is 5.69 Å². The fraction of sp³-hybridized carbons (Fsp3) is 0.0909. The SMILES string of the molecule is Cc1cc(N)nc(-c2ccc(F)c(F)c2Br)n1. The van der Waals surface area contributed by atoms with Crippen LogP contribution in [0.15, 0.2) is 22.7 Å². The molecule has 0 atom stereocenters. The van der Waals surface area contributed by atoms with Gasteiger partial charge in [-0.3, -0.25) is 0 Å². The minimum atomic E-state index is -0.967. The molecule has 1 aromatic heterocycles. The molecule has 1 aromatic carbocycles. The molecule has 0 aliphatic rings. The molecule has 0 bridgehead atoms. The van der Waals surface area contributed by atoms with E-state index >= 15 is 0 Å². The van der Waals surface area contributed by atoms with Crippen LogP contribution in [0.5, 0.6) is 0 Å². The Morgan fingerprint density at radius 2 is 1.94 bits per heavy atom. The van der Waals surface area contributed by atoms with Crippen LogP contribution in [0.25, 0.3) is 11.4 Å². The van der Waals surface area contributed by atoms with Crippen LogP contribution in [0, 0.1) is 18.6 Å². The molecule has 17 heavy (non-hydrogen) atoms. The van der Waals surface area contributed by atoms with Gasteiger partial charge >= 0.3 is 0 Å². The Bertz CT molecular complexity index is 567. The fourth-order valence-electron chi connectivity index (χ4n) is 1.41. The lowest BCUT2D eigenvalue weighted by Gasteiger charge is -2.06. The molecule has 0 aliphatic carbocycles. The summed E-state index contributed by atoms with van der Waals surface area (Å²) in [4.78, 5) is 8.11. The van der Waals surface area contributed by atoms with Crippen molar-refractivity contribution in [1.29, 1.82) is 0 Å². The lowest BCUT2D eigenvalue weighted by atomic mass is 10.2. The first kappa shape index (κ1) is 11.9. The summed E-state index contributed by atoms with van der Waals surface area (Å²) < 4.78 is 26.3. The lowest BCUT2D eigenvalue weighted by Crippen LogP contribution is -1.99. The van der Waals surface area contributed by atoms with Gasteiger partial charge in [0.25, 0.3) is 0 Å². The summed E-state index contributed by atoms with van der Waals surface area (Å²) >= 11 is 2.98. The number of halogens is 3. The highest BCUT2D eigenvalue weighted by molar-refractivity contribution is 9.10. The molecule has 0 aliphatic heterocycles. The van der Waals surface area contributed by atoms with E-state index in [2.05, 4.69) is 25.9 Å². The Balaban J connectivity index is 2.64. The normalized spacial score (nSPS) is 10.6. The summed E-state index contributed by atoms with van der Waals surface area (Å²) in [5.74, 6) is -1.36. The predicted octanol–water partition coefficient (Wildman–Crippen LogP) is 3.07. The van der Waals surface area contributed by atoms with Gasteiger partial charge in [0.1, 0.15) is 5.82 Å². The van der Waals surface area contributed by atoms with Crippen molar-refractivity contribution >= 4 is 21.7 Å². The standard InChI is InChI=1S/C11H8BrF2N3/c1-5-4-8(15)17-11(16-5)6-2-3-7(13)10(14)9(6)12/h2-4H,1H3,(H2,15,16,17). The predicted molar refractivity (Wildman–Crippen MR) is 64.2 cm³/mol. The fourth-order valence-corrected chi connectivity index (χ4v) is 1.91. The first-order chi connectivity index (χ1) is 7.99. The Kier molecular flexibility index (Phi) is 3.06. The summed E-state index contributed by atoms with van der Waals surface area (Å²) in [6.45, 7) is 1.75. The second-order valence-electron chi connectivity index (χ2n) is 3.48. The van der Waals surface area contributed by atoms with E-state index in [1.165, 1.54) is 6.07 Å². The van der Waals surface area contributed by atoms with Crippen molar-refractivity contribution in [2.45, 2.75) is 6.92 Å². The first-order valence-electron chi connectivity index (χ1n) is 4.74. The van der Waals surface area contributed by atoms with Crippen LogP contribution < -0.4 is 5.73 Å². The minimum Gasteiger partial charge on any atom is -0.384 e. The third kappa shape index (κ3) is 2.26. The van der Waals surface area contributed by atoms with E-state index in [1.807, 2.05) is 0 Å². The van der Waals surface area contributed by atoms with Crippen molar-refractivity contribution in [1.82, 2.24) is 9.97 Å². The van der Waals surface area contributed by atoms with Crippen molar-refractivity contribution in [3.8, 4) is 11.4 Å². The zero-order valence-corrected chi connectivity index (χ0v) is 10.4. The molecule has 2 aromatic rings. The third-order valence-electron chi connectivity index (χ3n) is 2.15. The molecule has 0 amide bonds. The molecule has 2 rings (SSSR count). The molecule has 0 fully saturated rings. The van der Waals surface area contributed by atoms with Gasteiger partial charge in [-0.15, -0.1) is 0 Å². The number of anilines is 1. The maximum atomic E-state index is 13.4. The average Bonchev–Trinajstić information content (AvgIpc) is 2.24. The summed E-state index contributed by atoms with van der Waals surface area (Å²) in [5, 5.41) is 0. The smallest absolute Gasteiger partial charge is 0.173 e. The molecule has 0 spiro atoms. The van der Waals surface area contributed by atoms with Crippen molar-refractivity contribution in [3.05, 3.63) is 40.0 Å². The van der Waals surface area contributed by atoms with Gasteiger partial charge in [-0.25, -0.2) is 18.7 Å². The molecule has 6 heteroatoms. The molecule has 1 heterocycles.